The molecule has 2 amide bonds. The van der Waals surface area contributed by atoms with Gasteiger partial charge in [-0.15, -0.1) is 0 Å². The van der Waals surface area contributed by atoms with Gasteiger partial charge in [-0.1, -0.05) is 59.9 Å². The number of esters is 1. The lowest BCUT2D eigenvalue weighted by Crippen LogP contribution is -2.25. The number of hydrogen-bond acceptors (Lipinski definition) is 7. The van der Waals surface area contributed by atoms with Crippen LogP contribution in [-0.4, -0.2) is 35.9 Å². The summed E-state index contributed by atoms with van der Waals surface area (Å²) in [5.74, 6) is -0.865. The Morgan fingerprint density at radius 1 is 0.949 bits per heavy atom. The van der Waals surface area contributed by atoms with E-state index in [9.17, 15) is 14.4 Å². The van der Waals surface area contributed by atoms with Crippen molar-refractivity contribution in [1.82, 2.24) is 15.6 Å². The first-order valence-corrected chi connectivity index (χ1v) is 13.4. The molecule has 8 nitrogen and oxygen atoms in total. The molecular formula is C30H28N4O4S. The van der Waals surface area contributed by atoms with Crippen LogP contribution in [0.3, 0.4) is 0 Å². The SMILES string of the molecule is COC(=O)c1cccc(-c2nc(Nc3cc(C(=O)NC4CC4)ccc3C)sc2C(=O)NCc2ccccc2)c1. The van der Waals surface area contributed by atoms with Gasteiger partial charge in [0.2, 0.25) is 0 Å². The third kappa shape index (κ3) is 6.32. The van der Waals surface area contributed by atoms with E-state index in [0.717, 1.165) is 29.7 Å². The maximum absolute atomic E-state index is 13.4. The molecule has 3 N–H and O–H groups in total. The van der Waals surface area contributed by atoms with Crippen molar-refractivity contribution >= 4 is 39.9 Å². The van der Waals surface area contributed by atoms with E-state index in [1.807, 2.05) is 43.3 Å². The normalized spacial score (nSPS) is 12.5. The van der Waals surface area contributed by atoms with E-state index >= 15 is 0 Å². The molecule has 1 saturated carbocycles. The Hall–Kier alpha value is -4.50. The number of amides is 2. The van der Waals surface area contributed by atoms with Gasteiger partial charge in [0.05, 0.1) is 18.4 Å². The maximum atomic E-state index is 13.4. The molecule has 0 aliphatic heterocycles. The van der Waals surface area contributed by atoms with Crippen LogP contribution < -0.4 is 16.0 Å². The fraction of sp³-hybridized carbons (Fsp3) is 0.200. The summed E-state index contributed by atoms with van der Waals surface area (Å²) in [6.07, 6.45) is 2.02. The van der Waals surface area contributed by atoms with Crippen molar-refractivity contribution in [3.8, 4) is 11.3 Å². The first-order chi connectivity index (χ1) is 18.9. The maximum Gasteiger partial charge on any atom is 0.337 e. The second kappa shape index (κ2) is 11.5. The number of anilines is 2. The predicted molar refractivity (Wildman–Crippen MR) is 151 cm³/mol. The van der Waals surface area contributed by atoms with E-state index in [-0.39, 0.29) is 17.9 Å². The van der Waals surface area contributed by atoms with Gasteiger partial charge in [-0.2, -0.15) is 0 Å². The lowest BCUT2D eigenvalue weighted by atomic mass is 10.1. The summed E-state index contributed by atoms with van der Waals surface area (Å²) >= 11 is 1.21. The highest BCUT2D eigenvalue weighted by Gasteiger charge is 2.24. The van der Waals surface area contributed by atoms with Crippen molar-refractivity contribution in [2.45, 2.75) is 32.4 Å². The fourth-order valence-electron chi connectivity index (χ4n) is 4.00. The number of hydrogen-bond donors (Lipinski definition) is 3. The number of ether oxygens (including phenoxy) is 1. The van der Waals surface area contributed by atoms with Gasteiger partial charge in [-0.05, 0) is 55.2 Å². The zero-order valence-electron chi connectivity index (χ0n) is 21.6. The van der Waals surface area contributed by atoms with Crippen LogP contribution in [0.4, 0.5) is 10.8 Å². The quantitative estimate of drug-likeness (QED) is 0.243. The Balaban J connectivity index is 1.46. The molecule has 1 aromatic heterocycles. The summed E-state index contributed by atoms with van der Waals surface area (Å²) in [6, 6.07) is 22.2. The summed E-state index contributed by atoms with van der Waals surface area (Å²) in [7, 11) is 1.32. The smallest absolute Gasteiger partial charge is 0.337 e. The molecule has 0 bridgehead atoms. The summed E-state index contributed by atoms with van der Waals surface area (Å²) < 4.78 is 4.87. The molecule has 1 heterocycles. The van der Waals surface area contributed by atoms with Crippen molar-refractivity contribution in [1.29, 1.82) is 0 Å². The molecule has 0 atom stereocenters. The van der Waals surface area contributed by atoms with Crippen LogP contribution in [0, 0.1) is 6.92 Å². The van der Waals surface area contributed by atoms with E-state index in [1.165, 1.54) is 18.4 Å². The van der Waals surface area contributed by atoms with Crippen LogP contribution in [0.15, 0.2) is 72.8 Å². The molecule has 9 heteroatoms. The highest BCUT2D eigenvalue weighted by atomic mass is 32.1. The molecule has 0 radical (unpaired) electrons. The van der Waals surface area contributed by atoms with Gasteiger partial charge in [0.25, 0.3) is 11.8 Å². The van der Waals surface area contributed by atoms with Gasteiger partial charge in [0.1, 0.15) is 4.88 Å². The molecule has 1 aliphatic rings. The number of aryl methyl sites for hydroxylation is 1. The molecular weight excluding hydrogens is 512 g/mol. The summed E-state index contributed by atoms with van der Waals surface area (Å²) in [4.78, 5) is 43.3. The van der Waals surface area contributed by atoms with Crippen molar-refractivity contribution in [2.24, 2.45) is 0 Å². The summed E-state index contributed by atoms with van der Waals surface area (Å²) in [6.45, 7) is 2.30. The molecule has 4 aromatic rings. The lowest BCUT2D eigenvalue weighted by molar-refractivity contribution is 0.0600. The average Bonchev–Trinajstić information content (AvgIpc) is 3.68. The van der Waals surface area contributed by atoms with Crippen LogP contribution in [-0.2, 0) is 11.3 Å². The number of rotatable bonds is 9. The average molecular weight is 541 g/mol. The molecule has 0 spiro atoms. The van der Waals surface area contributed by atoms with Crippen molar-refractivity contribution in [2.75, 3.05) is 12.4 Å². The Labute approximate surface area is 230 Å². The molecule has 1 aliphatic carbocycles. The van der Waals surface area contributed by atoms with Crippen LogP contribution >= 0.6 is 11.3 Å². The van der Waals surface area contributed by atoms with Gasteiger partial charge in [0.15, 0.2) is 5.13 Å². The number of methoxy groups -OCH3 is 1. The number of carbonyl (C=O) groups excluding carboxylic acids is 3. The Morgan fingerprint density at radius 2 is 1.74 bits per heavy atom. The molecule has 1 fully saturated rings. The number of aromatic nitrogens is 1. The van der Waals surface area contributed by atoms with Gasteiger partial charge in [-0.3, -0.25) is 9.59 Å². The van der Waals surface area contributed by atoms with Gasteiger partial charge in [-0.25, -0.2) is 9.78 Å². The van der Waals surface area contributed by atoms with E-state index in [1.54, 1.807) is 36.4 Å². The van der Waals surface area contributed by atoms with Crippen molar-refractivity contribution in [3.05, 3.63) is 99.9 Å². The highest BCUT2D eigenvalue weighted by molar-refractivity contribution is 7.18. The monoisotopic (exact) mass is 540 g/mol. The summed E-state index contributed by atoms with van der Waals surface area (Å²) in [5.41, 5.74) is 4.59. The second-order valence-corrected chi connectivity index (χ2v) is 10.3. The van der Waals surface area contributed by atoms with Crippen LogP contribution in [0.5, 0.6) is 0 Å². The van der Waals surface area contributed by atoms with Gasteiger partial charge in [0, 0.05) is 29.4 Å². The van der Waals surface area contributed by atoms with Crippen molar-refractivity contribution in [3.63, 3.8) is 0 Å². The largest absolute Gasteiger partial charge is 0.465 e. The molecule has 3 aromatic carbocycles. The lowest BCUT2D eigenvalue weighted by Gasteiger charge is -2.10. The van der Waals surface area contributed by atoms with E-state index in [0.29, 0.717) is 38.9 Å². The standard InChI is InChI=1S/C30H28N4O4S/c1-18-11-12-21(27(35)32-23-13-14-23)16-24(18)33-30-34-25(20-9-6-10-22(15-20)29(37)38-2)26(39-30)28(36)31-17-19-7-4-3-5-8-19/h3-12,15-16,23H,13-14,17H2,1-2H3,(H,31,36)(H,32,35)(H,33,34). The number of carbonyl (C=O) groups is 3. The topological polar surface area (TPSA) is 109 Å². The zero-order valence-corrected chi connectivity index (χ0v) is 22.4. The molecule has 198 valence electrons. The molecule has 0 saturated heterocycles. The minimum Gasteiger partial charge on any atom is -0.465 e. The third-order valence-corrected chi connectivity index (χ3v) is 7.31. The first kappa shape index (κ1) is 26.1. The van der Waals surface area contributed by atoms with Crippen LogP contribution in [0.1, 0.15) is 54.4 Å². The zero-order chi connectivity index (χ0) is 27.4. The van der Waals surface area contributed by atoms with E-state index in [4.69, 9.17) is 9.72 Å². The van der Waals surface area contributed by atoms with E-state index < -0.39 is 5.97 Å². The Morgan fingerprint density at radius 3 is 2.49 bits per heavy atom. The summed E-state index contributed by atoms with van der Waals surface area (Å²) in [5, 5.41) is 9.76. The van der Waals surface area contributed by atoms with Gasteiger partial charge >= 0.3 is 5.97 Å². The molecule has 39 heavy (non-hydrogen) atoms. The van der Waals surface area contributed by atoms with Crippen LogP contribution in [0.2, 0.25) is 0 Å². The second-order valence-electron chi connectivity index (χ2n) is 9.34. The minimum absolute atomic E-state index is 0.110. The Bertz CT molecular complexity index is 1530. The Kier molecular flexibility index (Phi) is 7.69. The number of benzene rings is 3. The number of nitrogens with zero attached hydrogens (tertiary/aromatic N) is 1. The fourth-order valence-corrected chi connectivity index (χ4v) is 4.92. The number of nitrogens with one attached hydrogen (secondary N) is 3. The highest BCUT2D eigenvalue weighted by Crippen LogP contribution is 2.34. The first-order valence-electron chi connectivity index (χ1n) is 12.6. The van der Waals surface area contributed by atoms with Gasteiger partial charge < -0.3 is 20.7 Å². The predicted octanol–water partition coefficient (Wildman–Crippen LogP) is 5.47. The third-order valence-electron chi connectivity index (χ3n) is 6.34. The minimum atomic E-state index is -0.475. The van der Waals surface area contributed by atoms with Crippen LogP contribution in [0.25, 0.3) is 11.3 Å². The molecule has 5 rings (SSSR count). The van der Waals surface area contributed by atoms with Crippen molar-refractivity contribution < 1.29 is 19.1 Å². The number of thiazole rings is 1. The van der Waals surface area contributed by atoms with E-state index in [2.05, 4.69) is 16.0 Å². The molecule has 0 unspecified atom stereocenters.